The summed E-state index contributed by atoms with van der Waals surface area (Å²) in [6.45, 7) is -0.289. The number of nitrogens with one attached hydrogen (secondary N) is 3. The van der Waals surface area contributed by atoms with E-state index in [1.807, 2.05) is 115 Å². The van der Waals surface area contributed by atoms with Crippen LogP contribution in [0.3, 0.4) is 0 Å². The van der Waals surface area contributed by atoms with E-state index in [-0.39, 0.29) is 50.9 Å². The Bertz CT molecular complexity index is 2360. The lowest BCUT2D eigenvalue weighted by atomic mass is 9.90. The number of carboxylic acid groups (broad SMARTS) is 1. The number of aromatic nitrogens is 1. The summed E-state index contributed by atoms with van der Waals surface area (Å²) in [4.78, 5) is 72.5. The number of fused-ring (bicyclic) bond motifs is 17. The highest BCUT2D eigenvalue weighted by Crippen LogP contribution is 2.24. The van der Waals surface area contributed by atoms with Crippen LogP contribution in [0.15, 0.2) is 140 Å². The standard InChI is InChI=1S/C49H47N3O7/c53-41-29-38(28-40-27-37-13-7-8-14-43(37)50-40)47(55)52-45(26-34-15-20-36(21-16-34)35-11-5-2-6-12-35)48(56)51-44(24-19-32-9-3-1-4-10-32)46(54)30-39(49(57)58)25-33-17-22-42(23-18-33)59-31-41/h1-18,20-23,27,38-39,44-45,50H,19,24-26,28-31H2,(H,51,56)(H,52,55)(H,57,58)/t38-,39-,44+,45-/m1/s1. The second-order valence-electron chi connectivity index (χ2n) is 15.3. The number of rotatable bonds is 9. The van der Waals surface area contributed by atoms with Crippen molar-refractivity contribution in [2.45, 2.75) is 57.0 Å². The van der Waals surface area contributed by atoms with Gasteiger partial charge in [0.05, 0.1) is 17.9 Å². The molecule has 2 aliphatic rings. The zero-order valence-electron chi connectivity index (χ0n) is 32.6. The van der Waals surface area contributed by atoms with Gasteiger partial charge in [0.2, 0.25) is 11.8 Å². The monoisotopic (exact) mass is 789 g/mol. The van der Waals surface area contributed by atoms with Crippen LogP contribution in [0.5, 0.6) is 5.75 Å². The summed E-state index contributed by atoms with van der Waals surface area (Å²) in [5, 5.41) is 17.1. The molecular weight excluding hydrogens is 743 g/mol. The molecule has 0 saturated carbocycles. The molecule has 0 radical (unpaired) electrons. The summed E-state index contributed by atoms with van der Waals surface area (Å²) in [6.07, 6.45) is 0.557. The van der Waals surface area contributed by atoms with Crippen molar-refractivity contribution >= 4 is 40.3 Å². The van der Waals surface area contributed by atoms with Gasteiger partial charge in [0, 0.05) is 30.5 Å². The molecule has 5 aromatic carbocycles. The topological polar surface area (TPSA) is 155 Å². The fraction of sp³-hybridized carbons (Fsp3) is 0.245. The summed E-state index contributed by atoms with van der Waals surface area (Å²) in [6, 6.07) is 41.4. The van der Waals surface area contributed by atoms with E-state index < -0.39 is 47.5 Å². The molecule has 1 aromatic heterocycles. The maximum atomic E-state index is 14.5. The fourth-order valence-corrected chi connectivity index (χ4v) is 7.64. The molecule has 10 nitrogen and oxygen atoms in total. The zero-order chi connectivity index (χ0) is 41.1. The Morgan fingerprint density at radius 1 is 0.644 bits per heavy atom. The van der Waals surface area contributed by atoms with Gasteiger partial charge in [-0.2, -0.15) is 0 Å². The van der Waals surface area contributed by atoms with Crippen molar-refractivity contribution in [1.82, 2.24) is 15.6 Å². The molecular formula is C49H47N3O7. The Labute approximate surface area is 343 Å². The molecule has 0 spiro atoms. The van der Waals surface area contributed by atoms with Gasteiger partial charge in [-0.05, 0) is 83.2 Å². The molecule has 6 aromatic rings. The number of amides is 2. The number of ether oxygens (including phenoxy) is 1. The van der Waals surface area contributed by atoms with Crippen LogP contribution in [0.1, 0.15) is 41.6 Å². The molecule has 4 atom stereocenters. The molecule has 2 amide bonds. The molecule has 2 bridgehead atoms. The lowest BCUT2D eigenvalue weighted by Crippen LogP contribution is -2.54. The van der Waals surface area contributed by atoms with Gasteiger partial charge in [-0.1, -0.05) is 115 Å². The van der Waals surface area contributed by atoms with E-state index in [0.29, 0.717) is 17.7 Å². The van der Waals surface area contributed by atoms with E-state index >= 15 is 0 Å². The molecule has 0 fully saturated rings. The van der Waals surface area contributed by atoms with Crippen LogP contribution >= 0.6 is 0 Å². The zero-order valence-corrected chi connectivity index (χ0v) is 32.6. The van der Waals surface area contributed by atoms with Gasteiger partial charge >= 0.3 is 5.97 Å². The molecule has 10 heteroatoms. The number of aliphatic carboxylic acids is 1. The van der Waals surface area contributed by atoms with Crippen LogP contribution in [-0.4, -0.2) is 58.1 Å². The van der Waals surface area contributed by atoms with Gasteiger partial charge in [0.25, 0.3) is 0 Å². The molecule has 3 heterocycles. The normalized spacial score (nSPS) is 19.5. The van der Waals surface area contributed by atoms with Crippen molar-refractivity contribution in [2.75, 3.05) is 6.61 Å². The summed E-state index contributed by atoms with van der Waals surface area (Å²) >= 11 is 0. The number of carbonyl (C=O) groups excluding carboxylic acids is 4. The predicted molar refractivity (Wildman–Crippen MR) is 226 cm³/mol. The number of aryl methyl sites for hydroxylation is 1. The van der Waals surface area contributed by atoms with Crippen LogP contribution in [0.2, 0.25) is 0 Å². The minimum atomic E-state index is -1.14. The quantitative estimate of drug-likeness (QED) is 0.122. The number of benzene rings is 5. The highest BCUT2D eigenvalue weighted by Gasteiger charge is 2.33. The highest BCUT2D eigenvalue weighted by atomic mass is 16.5. The van der Waals surface area contributed by atoms with Crippen molar-refractivity contribution < 1.29 is 33.8 Å². The molecule has 300 valence electrons. The predicted octanol–water partition coefficient (Wildman–Crippen LogP) is 7.09. The Kier molecular flexibility index (Phi) is 13.1. The lowest BCUT2D eigenvalue weighted by molar-refractivity contribution is -0.144. The average Bonchev–Trinajstić information content (AvgIpc) is 3.67. The smallest absolute Gasteiger partial charge is 0.307 e. The second-order valence-corrected chi connectivity index (χ2v) is 15.3. The number of hydrogen-bond donors (Lipinski definition) is 4. The van der Waals surface area contributed by atoms with Crippen LogP contribution < -0.4 is 15.4 Å². The molecule has 0 aliphatic carbocycles. The Balaban J connectivity index is 1.22. The van der Waals surface area contributed by atoms with Crippen LogP contribution in [0.4, 0.5) is 0 Å². The summed E-state index contributed by atoms with van der Waals surface area (Å²) < 4.78 is 5.82. The first kappa shape index (κ1) is 40.4. The number of para-hydroxylation sites is 1. The van der Waals surface area contributed by atoms with Crippen LogP contribution in [0.25, 0.3) is 22.0 Å². The Morgan fingerprint density at radius 3 is 2.02 bits per heavy atom. The Hall–Kier alpha value is -6.81. The van der Waals surface area contributed by atoms with E-state index in [0.717, 1.165) is 38.9 Å². The van der Waals surface area contributed by atoms with Gasteiger partial charge in [-0.3, -0.25) is 24.0 Å². The van der Waals surface area contributed by atoms with Gasteiger partial charge < -0.3 is 25.5 Å². The van der Waals surface area contributed by atoms with E-state index in [1.54, 1.807) is 24.3 Å². The van der Waals surface area contributed by atoms with Crippen molar-refractivity contribution in [1.29, 1.82) is 0 Å². The maximum Gasteiger partial charge on any atom is 0.307 e. The van der Waals surface area contributed by atoms with Crippen molar-refractivity contribution in [2.24, 2.45) is 11.8 Å². The maximum absolute atomic E-state index is 14.5. The van der Waals surface area contributed by atoms with Gasteiger partial charge in [0.15, 0.2) is 11.6 Å². The summed E-state index contributed by atoms with van der Waals surface area (Å²) in [5.41, 5.74) is 6.06. The third-order valence-electron chi connectivity index (χ3n) is 10.9. The van der Waals surface area contributed by atoms with E-state index in [1.165, 1.54) is 0 Å². The summed E-state index contributed by atoms with van der Waals surface area (Å²) in [5.74, 6) is -4.46. The van der Waals surface area contributed by atoms with E-state index in [9.17, 15) is 29.1 Å². The SMILES string of the molecule is O=C1COc2ccc(cc2)C[C@@H](C(=O)O)CC(=O)[C@H](CCc2ccccc2)NC(=O)[C@@H](Cc2ccc(-c3ccccc3)cc2)NC(=O)[C@H](Cc2cc3ccccc3[nH]2)C1. The first-order valence-corrected chi connectivity index (χ1v) is 20.0. The number of carboxylic acids is 1. The molecule has 8 rings (SSSR count). The van der Waals surface area contributed by atoms with Crippen molar-refractivity contribution in [3.8, 4) is 16.9 Å². The largest absolute Gasteiger partial charge is 0.486 e. The number of Topliss-reactive ketones (excluding diaryl/α,β-unsaturated/α-hetero) is 2. The molecule has 0 unspecified atom stereocenters. The number of H-pyrrole nitrogens is 1. The minimum Gasteiger partial charge on any atom is -0.486 e. The minimum absolute atomic E-state index is 0.0761. The first-order chi connectivity index (χ1) is 28.7. The summed E-state index contributed by atoms with van der Waals surface area (Å²) in [7, 11) is 0. The number of hydrogen-bond acceptors (Lipinski definition) is 6. The molecule has 4 N–H and O–H groups in total. The first-order valence-electron chi connectivity index (χ1n) is 20.0. The lowest BCUT2D eigenvalue weighted by Gasteiger charge is -2.26. The van der Waals surface area contributed by atoms with Crippen molar-refractivity contribution in [3.05, 3.63) is 162 Å². The number of aromatic amines is 1. The molecule has 2 aliphatic heterocycles. The van der Waals surface area contributed by atoms with E-state index in [2.05, 4.69) is 15.6 Å². The Morgan fingerprint density at radius 2 is 1.31 bits per heavy atom. The third kappa shape index (κ3) is 11.0. The van der Waals surface area contributed by atoms with Gasteiger partial charge in [0.1, 0.15) is 18.4 Å². The second kappa shape index (κ2) is 19.1. The third-order valence-corrected chi connectivity index (χ3v) is 10.9. The van der Waals surface area contributed by atoms with Crippen LogP contribution in [-0.2, 0) is 49.7 Å². The van der Waals surface area contributed by atoms with Crippen LogP contribution in [0, 0.1) is 11.8 Å². The highest BCUT2D eigenvalue weighted by molar-refractivity contribution is 5.95. The van der Waals surface area contributed by atoms with Gasteiger partial charge in [-0.15, -0.1) is 0 Å². The van der Waals surface area contributed by atoms with Crippen molar-refractivity contribution in [3.63, 3.8) is 0 Å². The van der Waals surface area contributed by atoms with E-state index in [4.69, 9.17) is 4.74 Å². The molecule has 0 saturated heterocycles. The number of ketones is 2. The fourth-order valence-electron chi connectivity index (χ4n) is 7.64. The number of carbonyl (C=O) groups is 5. The average molecular weight is 790 g/mol. The van der Waals surface area contributed by atoms with Gasteiger partial charge in [-0.25, -0.2) is 0 Å². The molecule has 59 heavy (non-hydrogen) atoms.